The maximum Gasteiger partial charge on any atom is 0.317 e. The highest BCUT2D eigenvalue weighted by Crippen LogP contribution is 2.42. The van der Waals surface area contributed by atoms with Crippen LogP contribution in [0.5, 0.6) is 5.75 Å². The number of benzene rings is 2. The van der Waals surface area contributed by atoms with Gasteiger partial charge in [-0.2, -0.15) is 0 Å². The molecule has 0 bridgehead atoms. The number of esters is 1. The van der Waals surface area contributed by atoms with Gasteiger partial charge in [-0.1, -0.05) is 37.1 Å². The van der Waals surface area contributed by atoms with Crippen molar-refractivity contribution in [3.05, 3.63) is 65.5 Å². The van der Waals surface area contributed by atoms with Crippen LogP contribution in [-0.4, -0.2) is 25.6 Å². The van der Waals surface area contributed by atoms with Crippen molar-refractivity contribution in [2.75, 3.05) is 13.7 Å². The van der Waals surface area contributed by atoms with E-state index < -0.39 is 11.4 Å². The van der Waals surface area contributed by atoms with Crippen LogP contribution in [0.3, 0.4) is 0 Å². The lowest BCUT2D eigenvalue weighted by atomic mass is 9.79. The van der Waals surface area contributed by atoms with Gasteiger partial charge < -0.3 is 14.8 Å². The van der Waals surface area contributed by atoms with E-state index >= 15 is 0 Å². The van der Waals surface area contributed by atoms with Gasteiger partial charge in [-0.15, -0.1) is 0 Å². The molecule has 1 amide bonds. The number of ether oxygens (including phenoxy) is 2. The van der Waals surface area contributed by atoms with Gasteiger partial charge in [0.05, 0.1) is 12.5 Å². The molecule has 2 aromatic rings. The third kappa shape index (κ3) is 4.50. The van der Waals surface area contributed by atoms with Crippen LogP contribution in [0.4, 0.5) is 4.39 Å². The molecule has 148 valence electrons. The summed E-state index contributed by atoms with van der Waals surface area (Å²) < 4.78 is 23.7. The number of rotatable bonds is 7. The molecular formula is C22H24FNO4. The Hall–Kier alpha value is -2.89. The number of hydrogen-bond donors (Lipinski definition) is 1. The Morgan fingerprint density at radius 3 is 2.29 bits per heavy atom. The molecule has 5 nitrogen and oxygen atoms in total. The average Bonchev–Trinajstić information content (AvgIpc) is 3.22. The molecule has 6 heteroatoms. The average molecular weight is 385 g/mol. The number of carbonyl (C=O) groups excluding carboxylic acids is 2. The first-order valence-electron chi connectivity index (χ1n) is 9.36. The summed E-state index contributed by atoms with van der Waals surface area (Å²) in [5, 5.41) is 2.74. The second-order valence-corrected chi connectivity index (χ2v) is 7.00. The van der Waals surface area contributed by atoms with Gasteiger partial charge in [-0.05, 0) is 48.2 Å². The number of methoxy groups -OCH3 is 1. The lowest BCUT2D eigenvalue weighted by Gasteiger charge is -2.27. The van der Waals surface area contributed by atoms with Gasteiger partial charge in [0.15, 0.2) is 6.61 Å². The molecule has 2 aromatic carbocycles. The molecule has 3 rings (SSSR count). The summed E-state index contributed by atoms with van der Waals surface area (Å²) >= 11 is 0. The molecular weight excluding hydrogens is 361 g/mol. The summed E-state index contributed by atoms with van der Waals surface area (Å²) in [5.41, 5.74) is 0.873. The SMILES string of the molecule is COc1ccc(CNC(=O)COC(=O)C2(c3ccc(F)cc3)CCCC2)cc1. The van der Waals surface area contributed by atoms with Gasteiger partial charge in [0, 0.05) is 6.54 Å². The molecule has 1 aliphatic carbocycles. The molecule has 1 N–H and O–H groups in total. The van der Waals surface area contributed by atoms with Crippen LogP contribution in [0.25, 0.3) is 0 Å². The fraction of sp³-hybridized carbons (Fsp3) is 0.364. The van der Waals surface area contributed by atoms with Gasteiger partial charge in [0.2, 0.25) is 0 Å². The zero-order valence-electron chi connectivity index (χ0n) is 15.9. The Labute approximate surface area is 163 Å². The summed E-state index contributed by atoms with van der Waals surface area (Å²) in [7, 11) is 1.59. The van der Waals surface area contributed by atoms with Gasteiger partial charge >= 0.3 is 5.97 Å². The third-order valence-corrected chi connectivity index (χ3v) is 5.23. The van der Waals surface area contributed by atoms with Crippen molar-refractivity contribution in [1.29, 1.82) is 0 Å². The van der Waals surface area contributed by atoms with E-state index in [1.165, 1.54) is 12.1 Å². The Bertz CT molecular complexity index is 811. The summed E-state index contributed by atoms with van der Waals surface area (Å²) in [5.74, 6) is -0.387. The topological polar surface area (TPSA) is 64.6 Å². The summed E-state index contributed by atoms with van der Waals surface area (Å²) in [6, 6.07) is 13.3. The molecule has 0 atom stereocenters. The monoisotopic (exact) mass is 385 g/mol. The van der Waals surface area contributed by atoms with Crippen molar-refractivity contribution in [3.8, 4) is 5.75 Å². The maximum atomic E-state index is 13.2. The third-order valence-electron chi connectivity index (χ3n) is 5.23. The first-order chi connectivity index (χ1) is 13.5. The summed E-state index contributed by atoms with van der Waals surface area (Å²) in [6.45, 7) is 0.00140. The normalized spacial score (nSPS) is 15.1. The lowest BCUT2D eigenvalue weighted by molar-refractivity contribution is -0.154. The fourth-order valence-electron chi connectivity index (χ4n) is 3.62. The van der Waals surface area contributed by atoms with E-state index in [0.29, 0.717) is 19.4 Å². The number of hydrogen-bond acceptors (Lipinski definition) is 4. The van der Waals surface area contributed by atoms with Crippen molar-refractivity contribution in [1.82, 2.24) is 5.32 Å². The second-order valence-electron chi connectivity index (χ2n) is 7.00. The molecule has 1 aliphatic rings. The lowest BCUT2D eigenvalue weighted by Crippen LogP contribution is -2.37. The first kappa shape index (κ1) is 19.9. The van der Waals surface area contributed by atoms with Gasteiger partial charge in [0.1, 0.15) is 11.6 Å². The van der Waals surface area contributed by atoms with Gasteiger partial charge in [-0.3, -0.25) is 9.59 Å². The van der Waals surface area contributed by atoms with Crippen LogP contribution in [0, 0.1) is 5.82 Å². The molecule has 0 aromatic heterocycles. The van der Waals surface area contributed by atoms with Crippen LogP contribution < -0.4 is 10.1 Å². The molecule has 1 fully saturated rings. The van der Waals surface area contributed by atoms with E-state index in [4.69, 9.17) is 9.47 Å². The summed E-state index contributed by atoms with van der Waals surface area (Å²) in [6.07, 6.45) is 3.09. The number of halogens is 1. The van der Waals surface area contributed by atoms with Crippen molar-refractivity contribution >= 4 is 11.9 Å². The minimum atomic E-state index is -0.788. The Balaban J connectivity index is 1.55. The Morgan fingerprint density at radius 2 is 1.68 bits per heavy atom. The van der Waals surface area contributed by atoms with E-state index in [1.54, 1.807) is 19.2 Å². The summed E-state index contributed by atoms with van der Waals surface area (Å²) in [4.78, 5) is 24.9. The van der Waals surface area contributed by atoms with E-state index in [9.17, 15) is 14.0 Å². The predicted octanol–water partition coefficient (Wildman–Crippen LogP) is 3.51. The smallest absolute Gasteiger partial charge is 0.317 e. The van der Waals surface area contributed by atoms with Crippen LogP contribution in [0.1, 0.15) is 36.8 Å². The van der Waals surface area contributed by atoms with E-state index in [-0.39, 0.29) is 18.3 Å². The van der Waals surface area contributed by atoms with Gasteiger partial charge in [0.25, 0.3) is 5.91 Å². The van der Waals surface area contributed by atoms with Crippen LogP contribution in [0.2, 0.25) is 0 Å². The van der Waals surface area contributed by atoms with Crippen molar-refractivity contribution in [3.63, 3.8) is 0 Å². The Kier molecular flexibility index (Phi) is 6.29. The maximum absolute atomic E-state index is 13.2. The fourth-order valence-corrected chi connectivity index (χ4v) is 3.62. The molecule has 0 radical (unpaired) electrons. The molecule has 0 heterocycles. The standard InChI is InChI=1S/C22H24FNO4/c1-27-19-10-4-16(5-11-19)14-24-20(25)15-28-21(26)22(12-2-3-13-22)17-6-8-18(23)9-7-17/h4-11H,2-3,12-15H2,1H3,(H,24,25). The molecule has 0 spiro atoms. The number of amides is 1. The highest BCUT2D eigenvalue weighted by molar-refractivity contribution is 5.86. The largest absolute Gasteiger partial charge is 0.497 e. The minimum Gasteiger partial charge on any atom is -0.497 e. The van der Waals surface area contributed by atoms with Crippen molar-refractivity contribution < 1.29 is 23.5 Å². The second kappa shape index (κ2) is 8.87. The molecule has 0 saturated heterocycles. The quantitative estimate of drug-likeness (QED) is 0.741. The van der Waals surface area contributed by atoms with E-state index in [0.717, 1.165) is 29.7 Å². The first-order valence-corrected chi connectivity index (χ1v) is 9.36. The number of carbonyl (C=O) groups is 2. The molecule has 0 aliphatic heterocycles. The molecule has 0 unspecified atom stereocenters. The minimum absolute atomic E-state index is 0.335. The van der Waals surface area contributed by atoms with E-state index in [2.05, 4.69) is 5.32 Å². The molecule has 28 heavy (non-hydrogen) atoms. The highest BCUT2D eigenvalue weighted by Gasteiger charge is 2.44. The van der Waals surface area contributed by atoms with Crippen LogP contribution >= 0.6 is 0 Å². The van der Waals surface area contributed by atoms with Gasteiger partial charge in [-0.25, -0.2) is 4.39 Å². The van der Waals surface area contributed by atoms with Crippen molar-refractivity contribution in [2.24, 2.45) is 0 Å². The highest BCUT2D eigenvalue weighted by atomic mass is 19.1. The van der Waals surface area contributed by atoms with Crippen LogP contribution in [0.15, 0.2) is 48.5 Å². The Morgan fingerprint density at radius 1 is 1.04 bits per heavy atom. The van der Waals surface area contributed by atoms with Crippen molar-refractivity contribution in [2.45, 2.75) is 37.6 Å². The zero-order chi connectivity index (χ0) is 20.0. The number of nitrogens with one attached hydrogen (secondary N) is 1. The molecule has 1 saturated carbocycles. The zero-order valence-corrected chi connectivity index (χ0v) is 15.9. The van der Waals surface area contributed by atoms with E-state index in [1.807, 2.05) is 24.3 Å². The predicted molar refractivity (Wildman–Crippen MR) is 102 cm³/mol. The van der Waals surface area contributed by atoms with Crippen LogP contribution in [-0.2, 0) is 26.3 Å².